The molecule has 0 spiro atoms. The van der Waals surface area contributed by atoms with E-state index in [0.29, 0.717) is 18.2 Å². The largest absolute Gasteiger partial charge is 0.333 e. The van der Waals surface area contributed by atoms with E-state index in [0.717, 1.165) is 29.1 Å². The fraction of sp³-hybridized carbons (Fsp3) is 0.389. The van der Waals surface area contributed by atoms with E-state index in [9.17, 15) is 4.79 Å². The molecule has 2 heterocycles. The highest BCUT2D eigenvalue weighted by Gasteiger charge is 2.27. The van der Waals surface area contributed by atoms with Crippen molar-refractivity contribution in [1.29, 1.82) is 0 Å². The highest BCUT2D eigenvalue weighted by Crippen LogP contribution is 2.39. The van der Waals surface area contributed by atoms with Gasteiger partial charge >= 0.3 is 0 Å². The van der Waals surface area contributed by atoms with Gasteiger partial charge in [0.25, 0.3) is 5.91 Å². The highest BCUT2D eigenvalue weighted by molar-refractivity contribution is 5.92. The van der Waals surface area contributed by atoms with Gasteiger partial charge in [-0.1, -0.05) is 12.1 Å². The van der Waals surface area contributed by atoms with Gasteiger partial charge in [-0.3, -0.25) is 9.89 Å². The van der Waals surface area contributed by atoms with Gasteiger partial charge in [0.05, 0.1) is 17.6 Å². The van der Waals surface area contributed by atoms with E-state index in [1.165, 1.54) is 12.8 Å². The number of benzene rings is 1. The minimum atomic E-state index is -0.0761. The zero-order valence-electron chi connectivity index (χ0n) is 14.0. The number of carbonyl (C=O) groups excluding carboxylic acids is 1. The van der Waals surface area contributed by atoms with E-state index >= 15 is 0 Å². The number of rotatable bonds is 5. The van der Waals surface area contributed by atoms with E-state index in [1.54, 1.807) is 11.9 Å². The number of imidazole rings is 1. The van der Waals surface area contributed by atoms with Crippen LogP contribution in [0.3, 0.4) is 0 Å². The van der Waals surface area contributed by atoms with E-state index in [4.69, 9.17) is 0 Å². The van der Waals surface area contributed by atoms with Crippen LogP contribution in [0.2, 0.25) is 0 Å². The molecular formula is C18H21N5O. The molecule has 4 rings (SSSR count). The first-order valence-electron chi connectivity index (χ1n) is 8.42. The summed E-state index contributed by atoms with van der Waals surface area (Å²) in [4.78, 5) is 19.0. The second kappa shape index (κ2) is 5.78. The molecular weight excluding hydrogens is 302 g/mol. The average molecular weight is 323 g/mol. The van der Waals surface area contributed by atoms with Crippen LogP contribution in [0.5, 0.6) is 0 Å². The molecule has 1 saturated carbocycles. The van der Waals surface area contributed by atoms with Gasteiger partial charge < -0.3 is 9.47 Å². The maximum atomic E-state index is 12.6. The summed E-state index contributed by atoms with van der Waals surface area (Å²) >= 11 is 0. The minimum Gasteiger partial charge on any atom is -0.333 e. The van der Waals surface area contributed by atoms with Crippen LogP contribution < -0.4 is 0 Å². The number of fused-ring (bicyclic) bond motifs is 1. The first kappa shape index (κ1) is 14.9. The molecule has 6 heteroatoms. The van der Waals surface area contributed by atoms with Gasteiger partial charge in [-0.25, -0.2) is 4.98 Å². The zero-order valence-corrected chi connectivity index (χ0v) is 14.0. The van der Waals surface area contributed by atoms with Gasteiger partial charge in [0.15, 0.2) is 0 Å². The van der Waals surface area contributed by atoms with Gasteiger partial charge in [-0.2, -0.15) is 5.10 Å². The van der Waals surface area contributed by atoms with Crippen LogP contribution in [0.25, 0.3) is 11.0 Å². The number of hydrogen-bond acceptors (Lipinski definition) is 3. The first-order valence-corrected chi connectivity index (χ1v) is 8.42. The Kier molecular flexibility index (Phi) is 3.59. The second-order valence-corrected chi connectivity index (χ2v) is 6.41. The topological polar surface area (TPSA) is 66.8 Å². The Morgan fingerprint density at radius 2 is 2.17 bits per heavy atom. The zero-order chi connectivity index (χ0) is 16.7. The third-order valence-electron chi connectivity index (χ3n) is 4.61. The SMILES string of the molecule is CCn1c(CN(C)C(=O)c2cc(C3CC3)[nH]n2)nc2ccccc21. The van der Waals surface area contributed by atoms with E-state index in [1.807, 2.05) is 24.3 Å². The number of para-hydroxylation sites is 2. The molecule has 1 aliphatic rings. The Balaban J connectivity index is 1.56. The summed E-state index contributed by atoms with van der Waals surface area (Å²) in [6.45, 7) is 3.38. The molecule has 1 aromatic carbocycles. The standard InChI is InChI=1S/C18H21N5O/c1-3-23-16-7-5-4-6-13(16)19-17(23)11-22(2)18(24)15-10-14(20-21-15)12-8-9-12/h4-7,10,12H,3,8-9,11H2,1-2H3,(H,20,21). The molecule has 0 unspecified atom stereocenters. The predicted molar refractivity (Wildman–Crippen MR) is 91.8 cm³/mol. The van der Waals surface area contributed by atoms with Gasteiger partial charge in [0, 0.05) is 25.2 Å². The lowest BCUT2D eigenvalue weighted by Gasteiger charge is -2.16. The number of H-pyrrole nitrogens is 1. The van der Waals surface area contributed by atoms with E-state index in [2.05, 4.69) is 32.7 Å². The Labute approximate surface area is 140 Å². The Hall–Kier alpha value is -2.63. The van der Waals surface area contributed by atoms with Crippen LogP contribution in [-0.4, -0.2) is 37.6 Å². The molecule has 124 valence electrons. The highest BCUT2D eigenvalue weighted by atomic mass is 16.2. The lowest BCUT2D eigenvalue weighted by Crippen LogP contribution is -2.28. The smallest absolute Gasteiger partial charge is 0.274 e. The Morgan fingerprint density at radius 1 is 1.38 bits per heavy atom. The van der Waals surface area contributed by atoms with Crippen molar-refractivity contribution in [1.82, 2.24) is 24.6 Å². The van der Waals surface area contributed by atoms with Crippen molar-refractivity contribution in [2.75, 3.05) is 7.05 Å². The maximum Gasteiger partial charge on any atom is 0.274 e. The number of nitrogens with zero attached hydrogens (tertiary/aromatic N) is 4. The molecule has 24 heavy (non-hydrogen) atoms. The van der Waals surface area contributed by atoms with Gasteiger partial charge in [-0.15, -0.1) is 0 Å². The van der Waals surface area contributed by atoms with E-state index < -0.39 is 0 Å². The summed E-state index contributed by atoms with van der Waals surface area (Å²) in [5, 5.41) is 7.18. The normalized spacial score (nSPS) is 14.2. The summed E-state index contributed by atoms with van der Waals surface area (Å²) < 4.78 is 2.15. The number of carbonyl (C=O) groups is 1. The number of hydrogen-bond donors (Lipinski definition) is 1. The fourth-order valence-electron chi connectivity index (χ4n) is 3.13. The summed E-state index contributed by atoms with van der Waals surface area (Å²) in [7, 11) is 1.80. The summed E-state index contributed by atoms with van der Waals surface area (Å²) in [5.74, 6) is 1.38. The minimum absolute atomic E-state index is 0.0761. The molecule has 1 N–H and O–H groups in total. The van der Waals surface area contributed by atoms with E-state index in [-0.39, 0.29) is 5.91 Å². The number of aromatic amines is 1. The molecule has 1 fully saturated rings. The van der Waals surface area contributed by atoms with Crippen molar-refractivity contribution < 1.29 is 4.79 Å². The Bertz CT molecular complexity index is 890. The molecule has 0 saturated heterocycles. The predicted octanol–water partition coefficient (Wildman–Crippen LogP) is 2.93. The van der Waals surface area contributed by atoms with Crippen LogP contribution in [0.4, 0.5) is 0 Å². The van der Waals surface area contributed by atoms with Crippen LogP contribution in [-0.2, 0) is 13.1 Å². The number of amides is 1. The second-order valence-electron chi connectivity index (χ2n) is 6.41. The number of aryl methyl sites for hydroxylation is 1. The average Bonchev–Trinajstić information content (AvgIpc) is 3.21. The van der Waals surface area contributed by atoms with Crippen molar-refractivity contribution in [3.8, 4) is 0 Å². The number of aromatic nitrogens is 4. The lowest BCUT2D eigenvalue weighted by atomic mass is 10.2. The lowest BCUT2D eigenvalue weighted by molar-refractivity contribution is 0.0774. The van der Waals surface area contributed by atoms with Crippen molar-refractivity contribution in [3.63, 3.8) is 0 Å². The molecule has 0 aliphatic heterocycles. The first-order chi connectivity index (χ1) is 11.7. The molecule has 3 aromatic rings. The summed E-state index contributed by atoms with van der Waals surface area (Å²) in [6.07, 6.45) is 2.37. The molecule has 6 nitrogen and oxygen atoms in total. The van der Waals surface area contributed by atoms with Crippen molar-refractivity contribution in [2.24, 2.45) is 0 Å². The monoisotopic (exact) mass is 323 g/mol. The summed E-state index contributed by atoms with van der Waals surface area (Å²) in [5.41, 5.74) is 3.63. The maximum absolute atomic E-state index is 12.6. The van der Waals surface area contributed by atoms with Gasteiger partial charge in [0.2, 0.25) is 0 Å². The van der Waals surface area contributed by atoms with Crippen LogP contribution in [0.1, 0.15) is 47.7 Å². The molecule has 1 aliphatic carbocycles. The molecule has 0 radical (unpaired) electrons. The number of nitrogens with one attached hydrogen (secondary N) is 1. The molecule has 0 bridgehead atoms. The Morgan fingerprint density at radius 3 is 2.92 bits per heavy atom. The van der Waals surface area contributed by atoms with Crippen LogP contribution >= 0.6 is 0 Å². The van der Waals surface area contributed by atoms with Crippen molar-refractivity contribution in [2.45, 2.75) is 38.8 Å². The third-order valence-corrected chi connectivity index (χ3v) is 4.61. The molecule has 2 aromatic heterocycles. The van der Waals surface area contributed by atoms with Crippen LogP contribution in [0.15, 0.2) is 30.3 Å². The van der Waals surface area contributed by atoms with Gasteiger partial charge in [0.1, 0.15) is 11.5 Å². The summed E-state index contributed by atoms with van der Waals surface area (Å²) in [6, 6.07) is 9.95. The molecule has 0 atom stereocenters. The third kappa shape index (κ3) is 2.58. The quantitative estimate of drug-likeness (QED) is 0.785. The van der Waals surface area contributed by atoms with Crippen molar-refractivity contribution >= 4 is 16.9 Å². The molecule has 1 amide bonds. The van der Waals surface area contributed by atoms with Crippen LogP contribution in [0, 0.1) is 0 Å². The van der Waals surface area contributed by atoms with Crippen molar-refractivity contribution in [3.05, 3.63) is 47.5 Å². The fourth-order valence-corrected chi connectivity index (χ4v) is 3.13. The van der Waals surface area contributed by atoms with Gasteiger partial charge in [-0.05, 0) is 38.0 Å².